The van der Waals surface area contributed by atoms with E-state index in [1.54, 1.807) is 37.3 Å². The highest BCUT2D eigenvalue weighted by Gasteiger charge is 2.49. The predicted molar refractivity (Wildman–Crippen MR) is 101 cm³/mol. The van der Waals surface area contributed by atoms with E-state index >= 15 is 0 Å². The average Bonchev–Trinajstić information content (AvgIpc) is 2.87. The number of para-hydroxylation sites is 1. The second-order valence-electron chi connectivity index (χ2n) is 6.06. The molecule has 1 aliphatic rings. The van der Waals surface area contributed by atoms with Crippen LogP contribution < -0.4 is 10.6 Å². The second-order valence-corrected chi connectivity index (χ2v) is 6.91. The number of amides is 4. The molecule has 6 nitrogen and oxygen atoms in total. The Balaban J connectivity index is 1.75. The number of rotatable bonds is 5. The molecule has 0 aromatic heterocycles. The van der Waals surface area contributed by atoms with Gasteiger partial charge in [0.25, 0.3) is 5.91 Å². The van der Waals surface area contributed by atoms with Crippen LogP contribution in [0.5, 0.6) is 0 Å². The Bertz CT molecular complexity index is 856. The molecule has 3 rings (SSSR count). The maximum absolute atomic E-state index is 12.8. The van der Waals surface area contributed by atoms with Crippen molar-refractivity contribution < 1.29 is 14.4 Å². The third kappa shape index (κ3) is 3.30. The number of anilines is 1. The minimum atomic E-state index is -1.17. The molecule has 0 aliphatic carbocycles. The van der Waals surface area contributed by atoms with Crippen LogP contribution in [0, 0.1) is 0 Å². The van der Waals surface area contributed by atoms with E-state index in [-0.39, 0.29) is 6.54 Å². The van der Waals surface area contributed by atoms with E-state index in [0.717, 1.165) is 9.80 Å². The molecule has 26 heavy (non-hydrogen) atoms. The van der Waals surface area contributed by atoms with Crippen molar-refractivity contribution in [2.45, 2.75) is 17.4 Å². The van der Waals surface area contributed by atoms with Gasteiger partial charge >= 0.3 is 6.03 Å². The molecule has 0 unspecified atom stereocenters. The van der Waals surface area contributed by atoms with E-state index in [0.29, 0.717) is 11.3 Å². The Morgan fingerprint density at radius 3 is 2.46 bits per heavy atom. The minimum absolute atomic E-state index is 0.337. The summed E-state index contributed by atoms with van der Waals surface area (Å²) in [7, 11) is 0. The molecule has 2 aromatic carbocycles. The molecule has 4 amide bonds. The van der Waals surface area contributed by atoms with Gasteiger partial charge < -0.3 is 10.6 Å². The highest BCUT2D eigenvalue weighted by molar-refractivity contribution is 7.98. The van der Waals surface area contributed by atoms with Gasteiger partial charge in [0, 0.05) is 4.90 Å². The van der Waals surface area contributed by atoms with Gasteiger partial charge in [-0.15, -0.1) is 11.8 Å². The van der Waals surface area contributed by atoms with E-state index in [1.807, 2.05) is 30.5 Å². The van der Waals surface area contributed by atoms with Gasteiger partial charge in [-0.3, -0.25) is 14.5 Å². The van der Waals surface area contributed by atoms with Gasteiger partial charge in [0.15, 0.2) is 0 Å². The Morgan fingerprint density at radius 2 is 1.77 bits per heavy atom. The Hall–Kier alpha value is -2.80. The maximum Gasteiger partial charge on any atom is 0.325 e. The van der Waals surface area contributed by atoms with Gasteiger partial charge in [-0.2, -0.15) is 0 Å². The number of imide groups is 1. The van der Waals surface area contributed by atoms with Crippen LogP contribution in [0.15, 0.2) is 59.5 Å². The number of urea groups is 1. The lowest BCUT2D eigenvalue weighted by Gasteiger charge is -2.22. The van der Waals surface area contributed by atoms with Gasteiger partial charge in [-0.25, -0.2) is 4.79 Å². The highest BCUT2D eigenvalue weighted by Crippen LogP contribution is 2.29. The van der Waals surface area contributed by atoms with E-state index in [4.69, 9.17) is 0 Å². The van der Waals surface area contributed by atoms with E-state index in [9.17, 15) is 14.4 Å². The Morgan fingerprint density at radius 1 is 1.12 bits per heavy atom. The quantitative estimate of drug-likeness (QED) is 0.627. The maximum atomic E-state index is 12.8. The zero-order chi connectivity index (χ0) is 18.7. The first-order chi connectivity index (χ1) is 12.5. The third-order valence-electron chi connectivity index (χ3n) is 4.31. The molecule has 1 aliphatic heterocycles. The summed E-state index contributed by atoms with van der Waals surface area (Å²) >= 11 is 1.50. The van der Waals surface area contributed by atoms with Crippen molar-refractivity contribution in [3.8, 4) is 0 Å². The largest absolute Gasteiger partial charge is 0.325 e. The topological polar surface area (TPSA) is 78.5 Å². The molecular weight excluding hydrogens is 350 g/mol. The van der Waals surface area contributed by atoms with Crippen molar-refractivity contribution in [2.24, 2.45) is 0 Å². The molecule has 1 fully saturated rings. The summed E-state index contributed by atoms with van der Waals surface area (Å²) in [6, 6.07) is 15.8. The summed E-state index contributed by atoms with van der Waals surface area (Å²) in [4.78, 5) is 39.3. The minimum Gasteiger partial charge on any atom is -0.324 e. The summed E-state index contributed by atoms with van der Waals surface area (Å²) in [5.41, 5.74) is 0.160. The van der Waals surface area contributed by atoms with Gasteiger partial charge in [-0.1, -0.05) is 42.5 Å². The van der Waals surface area contributed by atoms with Gasteiger partial charge in [0.1, 0.15) is 12.1 Å². The second kappa shape index (κ2) is 7.21. The average molecular weight is 369 g/mol. The molecule has 1 heterocycles. The SMILES string of the molecule is CSc1ccccc1NC(=O)CN1C(=O)N[C@](C)(c2ccccc2)C1=O. The van der Waals surface area contributed by atoms with Gasteiger partial charge in [0.2, 0.25) is 5.91 Å². The number of nitrogens with zero attached hydrogens (tertiary/aromatic N) is 1. The monoisotopic (exact) mass is 369 g/mol. The fourth-order valence-corrected chi connectivity index (χ4v) is 3.44. The summed E-state index contributed by atoms with van der Waals surface area (Å²) in [5, 5.41) is 5.45. The molecule has 2 aromatic rings. The van der Waals surface area contributed by atoms with Crippen molar-refractivity contribution in [3.05, 3.63) is 60.2 Å². The molecule has 134 valence electrons. The lowest BCUT2D eigenvalue weighted by atomic mass is 9.92. The summed E-state index contributed by atoms with van der Waals surface area (Å²) < 4.78 is 0. The van der Waals surface area contributed by atoms with E-state index in [2.05, 4.69) is 10.6 Å². The van der Waals surface area contributed by atoms with Crippen molar-refractivity contribution >= 4 is 35.3 Å². The summed E-state index contributed by atoms with van der Waals surface area (Å²) in [5.74, 6) is -0.866. The number of carbonyl (C=O) groups excluding carboxylic acids is 3. The van der Waals surface area contributed by atoms with Crippen LogP contribution >= 0.6 is 11.8 Å². The van der Waals surface area contributed by atoms with Gasteiger partial charge in [0.05, 0.1) is 5.69 Å². The van der Waals surface area contributed by atoms with Crippen LogP contribution in [-0.4, -0.2) is 35.5 Å². The molecule has 0 saturated carbocycles. The lowest BCUT2D eigenvalue weighted by Crippen LogP contribution is -2.42. The number of hydrogen-bond acceptors (Lipinski definition) is 4. The Labute approximate surface area is 156 Å². The number of thioether (sulfide) groups is 1. The molecule has 0 bridgehead atoms. The van der Waals surface area contributed by atoms with E-state index < -0.39 is 23.4 Å². The first kappa shape index (κ1) is 18.0. The molecule has 0 spiro atoms. The van der Waals surface area contributed by atoms with Gasteiger partial charge in [-0.05, 0) is 30.9 Å². The first-order valence-corrected chi connectivity index (χ1v) is 9.30. The highest BCUT2D eigenvalue weighted by atomic mass is 32.2. The first-order valence-electron chi connectivity index (χ1n) is 8.08. The normalized spacial score (nSPS) is 19.4. The standard InChI is InChI=1S/C19H19N3O3S/c1-19(13-8-4-3-5-9-13)17(24)22(18(25)21-19)12-16(23)20-14-10-6-7-11-15(14)26-2/h3-11H,12H2,1-2H3,(H,20,23)(H,21,25)/t19-/m1/s1. The fourth-order valence-electron chi connectivity index (χ4n) is 2.89. The van der Waals surface area contributed by atoms with Crippen LogP contribution in [0.25, 0.3) is 0 Å². The van der Waals surface area contributed by atoms with Crippen molar-refractivity contribution in [1.29, 1.82) is 0 Å². The third-order valence-corrected chi connectivity index (χ3v) is 5.10. The zero-order valence-electron chi connectivity index (χ0n) is 14.5. The molecular formula is C19H19N3O3S. The van der Waals surface area contributed by atoms with Crippen LogP contribution in [0.4, 0.5) is 10.5 Å². The number of benzene rings is 2. The van der Waals surface area contributed by atoms with Crippen molar-refractivity contribution in [2.75, 3.05) is 18.1 Å². The molecule has 2 N–H and O–H groups in total. The summed E-state index contributed by atoms with van der Waals surface area (Å²) in [6.07, 6.45) is 1.91. The van der Waals surface area contributed by atoms with Crippen LogP contribution in [0.1, 0.15) is 12.5 Å². The van der Waals surface area contributed by atoms with Crippen LogP contribution in [-0.2, 0) is 15.1 Å². The lowest BCUT2D eigenvalue weighted by molar-refractivity contribution is -0.133. The van der Waals surface area contributed by atoms with Crippen molar-refractivity contribution in [1.82, 2.24) is 10.2 Å². The molecule has 1 atom stereocenters. The number of hydrogen-bond donors (Lipinski definition) is 2. The zero-order valence-corrected chi connectivity index (χ0v) is 15.3. The van der Waals surface area contributed by atoms with Crippen LogP contribution in [0.3, 0.4) is 0 Å². The molecule has 0 radical (unpaired) electrons. The number of carbonyl (C=O) groups is 3. The summed E-state index contributed by atoms with van der Waals surface area (Å²) in [6.45, 7) is 1.30. The van der Waals surface area contributed by atoms with E-state index in [1.165, 1.54) is 11.8 Å². The Kier molecular flexibility index (Phi) is 4.99. The fraction of sp³-hybridized carbons (Fsp3) is 0.211. The molecule has 1 saturated heterocycles. The van der Waals surface area contributed by atoms with Crippen molar-refractivity contribution in [3.63, 3.8) is 0 Å². The smallest absolute Gasteiger partial charge is 0.324 e. The predicted octanol–water partition coefficient (Wildman–Crippen LogP) is 2.81. The van der Waals surface area contributed by atoms with Crippen LogP contribution in [0.2, 0.25) is 0 Å². The molecule has 7 heteroatoms. The number of nitrogens with one attached hydrogen (secondary N) is 2.